The lowest BCUT2D eigenvalue weighted by Gasteiger charge is -2.30. The first-order valence-corrected chi connectivity index (χ1v) is 8.42. The molecule has 2 rings (SSSR count). The SMILES string of the molecule is CC(CC1CCCN1C(=O)OC(C)(C)C)NCCn1ccnn1. The molecule has 1 fully saturated rings. The predicted molar refractivity (Wildman–Crippen MR) is 88.1 cm³/mol. The Labute approximate surface area is 138 Å². The molecular formula is C16H29N5O2. The minimum Gasteiger partial charge on any atom is -0.444 e. The highest BCUT2D eigenvalue weighted by atomic mass is 16.6. The third-order valence-corrected chi connectivity index (χ3v) is 3.94. The number of carbonyl (C=O) groups excluding carboxylic acids is 1. The van der Waals surface area contributed by atoms with Crippen LogP contribution in [0.25, 0.3) is 0 Å². The quantitative estimate of drug-likeness (QED) is 0.867. The maximum Gasteiger partial charge on any atom is 0.410 e. The number of ether oxygens (including phenoxy) is 1. The molecule has 130 valence electrons. The average molecular weight is 323 g/mol. The molecule has 7 heteroatoms. The van der Waals surface area contributed by atoms with Gasteiger partial charge in [0.05, 0.1) is 12.7 Å². The molecule has 2 unspecified atom stereocenters. The number of hydrogen-bond acceptors (Lipinski definition) is 5. The summed E-state index contributed by atoms with van der Waals surface area (Å²) in [6.07, 6.45) is 6.39. The van der Waals surface area contributed by atoms with E-state index in [1.54, 1.807) is 6.20 Å². The van der Waals surface area contributed by atoms with Crippen molar-refractivity contribution in [1.29, 1.82) is 0 Å². The fraction of sp³-hybridized carbons (Fsp3) is 0.812. The molecule has 1 N–H and O–H groups in total. The number of nitrogens with zero attached hydrogens (tertiary/aromatic N) is 4. The van der Waals surface area contributed by atoms with Crippen LogP contribution in [0.2, 0.25) is 0 Å². The fourth-order valence-electron chi connectivity index (χ4n) is 2.91. The van der Waals surface area contributed by atoms with Gasteiger partial charge in [-0.2, -0.15) is 0 Å². The van der Waals surface area contributed by atoms with Crippen LogP contribution in [0, 0.1) is 0 Å². The lowest BCUT2D eigenvalue weighted by atomic mass is 10.1. The van der Waals surface area contributed by atoms with Crippen molar-refractivity contribution in [1.82, 2.24) is 25.2 Å². The molecule has 0 saturated carbocycles. The van der Waals surface area contributed by atoms with Crippen LogP contribution in [0.4, 0.5) is 4.79 Å². The molecule has 1 aliphatic rings. The van der Waals surface area contributed by atoms with E-state index < -0.39 is 5.60 Å². The number of nitrogens with one attached hydrogen (secondary N) is 1. The standard InChI is InChI=1S/C16H29N5O2/c1-13(17-7-10-20-11-8-18-19-20)12-14-6-5-9-21(14)15(22)23-16(2,3)4/h8,11,13-14,17H,5-7,9-10,12H2,1-4H3. The Morgan fingerprint density at radius 3 is 2.91 bits per heavy atom. The predicted octanol–water partition coefficient (Wildman–Crippen LogP) is 2.05. The van der Waals surface area contributed by atoms with Gasteiger partial charge in [-0.3, -0.25) is 4.68 Å². The molecule has 1 aromatic heterocycles. The fourth-order valence-corrected chi connectivity index (χ4v) is 2.91. The molecule has 0 bridgehead atoms. The third-order valence-electron chi connectivity index (χ3n) is 3.94. The molecule has 0 radical (unpaired) electrons. The third kappa shape index (κ3) is 5.82. The molecule has 2 heterocycles. The van der Waals surface area contributed by atoms with Crippen molar-refractivity contribution in [2.45, 2.75) is 71.2 Å². The van der Waals surface area contributed by atoms with Gasteiger partial charge in [0.25, 0.3) is 0 Å². The summed E-state index contributed by atoms with van der Waals surface area (Å²) in [6, 6.07) is 0.602. The second kappa shape index (κ2) is 7.77. The minimum absolute atomic E-state index is 0.185. The molecule has 1 aliphatic heterocycles. The van der Waals surface area contributed by atoms with Gasteiger partial charge in [0.15, 0.2) is 0 Å². The number of hydrogen-bond donors (Lipinski definition) is 1. The summed E-state index contributed by atoms with van der Waals surface area (Å²) >= 11 is 0. The van der Waals surface area contributed by atoms with E-state index in [0.29, 0.717) is 6.04 Å². The van der Waals surface area contributed by atoms with Gasteiger partial charge in [0, 0.05) is 31.4 Å². The number of rotatable bonds is 6. The van der Waals surface area contributed by atoms with Crippen molar-refractivity contribution in [2.24, 2.45) is 0 Å². The van der Waals surface area contributed by atoms with Crippen molar-refractivity contribution in [3.05, 3.63) is 12.4 Å². The zero-order chi connectivity index (χ0) is 16.9. The van der Waals surface area contributed by atoms with E-state index in [1.165, 1.54) is 0 Å². The zero-order valence-electron chi connectivity index (χ0n) is 14.7. The number of amides is 1. The maximum absolute atomic E-state index is 12.3. The Balaban J connectivity index is 1.75. The lowest BCUT2D eigenvalue weighted by Crippen LogP contribution is -2.43. The topological polar surface area (TPSA) is 72.3 Å². The highest BCUT2D eigenvalue weighted by molar-refractivity contribution is 5.68. The Hall–Kier alpha value is -1.63. The van der Waals surface area contributed by atoms with Gasteiger partial charge in [-0.15, -0.1) is 5.10 Å². The van der Waals surface area contributed by atoms with E-state index in [2.05, 4.69) is 22.6 Å². The Bertz CT molecular complexity index is 483. The van der Waals surface area contributed by atoms with E-state index in [1.807, 2.05) is 36.5 Å². The van der Waals surface area contributed by atoms with Gasteiger partial charge in [0.1, 0.15) is 5.60 Å². The second-order valence-electron chi connectivity index (χ2n) is 7.23. The highest BCUT2D eigenvalue weighted by Gasteiger charge is 2.32. The molecular weight excluding hydrogens is 294 g/mol. The maximum atomic E-state index is 12.3. The van der Waals surface area contributed by atoms with E-state index in [4.69, 9.17) is 4.74 Å². The van der Waals surface area contributed by atoms with Crippen LogP contribution in [-0.4, -0.2) is 56.8 Å². The summed E-state index contributed by atoms with van der Waals surface area (Å²) in [5, 5.41) is 11.2. The summed E-state index contributed by atoms with van der Waals surface area (Å²) in [5.74, 6) is 0. The summed E-state index contributed by atoms with van der Waals surface area (Å²) in [4.78, 5) is 14.2. The molecule has 0 spiro atoms. The number of likely N-dealkylation sites (tertiary alicyclic amines) is 1. The van der Waals surface area contributed by atoms with Gasteiger partial charge in [0.2, 0.25) is 0 Å². The van der Waals surface area contributed by atoms with E-state index in [0.717, 1.165) is 38.9 Å². The Morgan fingerprint density at radius 1 is 1.48 bits per heavy atom. The summed E-state index contributed by atoms with van der Waals surface area (Å²) in [5.41, 5.74) is -0.439. The van der Waals surface area contributed by atoms with Gasteiger partial charge < -0.3 is 15.0 Å². The van der Waals surface area contributed by atoms with Crippen LogP contribution in [0.15, 0.2) is 12.4 Å². The van der Waals surface area contributed by atoms with Crippen molar-refractivity contribution in [2.75, 3.05) is 13.1 Å². The molecule has 1 aromatic rings. The molecule has 23 heavy (non-hydrogen) atoms. The molecule has 0 aliphatic carbocycles. The van der Waals surface area contributed by atoms with Crippen LogP contribution in [-0.2, 0) is 11.3 Å². The Kier molecular flexibility index (Phi) is 5.98. The summed E-state index contributed by atoms with van der Waals surface area (Å²) in [6.45, 7) is 10.3. The van der Waals surface area contributed by atoms with Crippen LogP contribution in [0.3, 0.4) is 0 Å². The molecule has 2 atom stereocenters. The first-order valence-electron chi connectivity index (χ1n) is 8.42. The van der Waals surface area contributed by atoms with Gasteiger partial charge in [-0.1, -0.05) is 5.21 Å². The molecule has 1 amide bonds. The van der Waals surface area contributed by atoms with Crippen LogP contribution >= 0.6 is 0 Å². The highest BCUT2D eigenvalue weighted by Crippen LogP contribution is 2.23. The van der Waals surface area contributed by atoms with Crippen molar-refractivity contribution in [3.63, 3.8) is 0 Å². The normalized spacial score (nSPS) is 19.8. The first kappa shape index (κ1) is 17.7. The summed E-state index contributed by atoms with van der Waals surface area (Å²) < 4.78 is 7.32. The smallest absolute Gasteiger partial charge is 0.410 e. The Morgan fingerprint density at radius 2 is 2.26 bits per heavy atom. The monoisotopic (exact) mass is 323 g/mol. The zero-order valence-corrected chi connectivity index (χ0v) is 14.7. The van der Waals surface area contributed by atoms with E-state index >= 15 is 0 Å². The number of carbonyl (C=O) groups is 1. The van der Waals surface area contributed by atoms with Crippen molar-refractivity contribution < 1.29 is 9.53 Å². The van der Waals surface area contributed by atoms with Crippen LogP contribution in [0.5, 0.6) is 0 Å². The molecule has 1 saturated heterocycles. The van der Waals surface area contributed by atoms with Gasteiger partial charge in [-0.25, -0.2) is 4.79 Å². The number of aromatic nitrogens is 3. The average Bonchev–Trinajstić information content (AvgIpc) is 3.07. The first-order chi connectivity index (χ1) is 10.8. The van der Waals surface area contributed by atoms with Crippen molar-refractivity contribution in [3.8, 4) is 0 Å². The van der Waals surface area contributed by atoms with Gasteiger partial charge in [-0.05, 0) is 47.0 Å². The minimum atomic E-state index is -0.439. The van der Waals surface area contributed by atoms with Crippen molar-refractivity contribution >= 4 is 6.09 Å². The molecule has 0 aromatic carbocycles. The van der Waals surface area contributed by atoms with Crippen LogP contribution in [0.1, 0.15) is 47.0 Å². The molecule has 7 nitrogen and oxygen atoms in total. The van der Waals surface area contributed by atoms with Crippen LogP contribution < -0.4 is 5.32 Å². The van der Waals surface area contributed by atoms with E-state index in [-0.39, 0.29) is 12.1 Å². The summed E-state index contributed by atoms with van der Waals surface area (Å²) in [7, 11) is 0. The second-order valence-corrected chi connectivity index (χ2v) is 7.23. The van der Waals surface area contributed by atoms with E-state index in [9.17, 15) is 4.79 Å². The largest absolute Gasteiger partial charge is 0.444 e. The van der Waals surface area contributed by atoms with Gasteiger partial charge >= 0.3 is 6.09 Å². The lowest BCUT2D eigenvalue weighted by molar-refractivity contribution is 0.0214.